The lowest BCUT2D eigenvalue weighted by atomic mass is 10.0. The van der Waals surface area contributed by atoms with Crippen LogP contribution in [-0.4, -0.2) is 24.5 Å². The van der Waals surface area contributed by atoms with E-state index in [4.69, 9.17) is 19.9 Å². The van der Waals surface area contributed by atoms with Gasteiger partial charge in [0.2, 0.25) is 0 Å². The van der Waals surface area contributed by atoms with Crippen LogP contribution in [0.25, 0.3) is 117 Å². The van der Waals surface area contributed by atoms with Gasteiger partial charge in [-0.15, -0.1) is 0 Å². The first-order valence-electron chi connectivity index (χ1n) is 21.2. The van der Waals surface area contributed by atoms with Gasteiger partial charge in [0.05, 0.1) is 22.2 Å². The van der Waals surface area contributed by atoms with Crippen molar-refractivity contribution >= 4 is 43.5 Å². The van der Waals surface area contributed by atoms with E-state index in [1.165, 1.54) is 10.8 Å². The standard InChI is InChI=1S/C58H37N5/c1-3-13-38(14-4-1)41-23-29-44(30-24-41)56-60-57(45-31-25-42(26-32-45)39-15-5-2-6-16-39)62-58(61-56)46-33-27-43(28-34-46)54-53-50-20-10-12-22-52(50)63(55(53)49-19-9-11-21-51(49)59-54)48-36-35-40-17-7-8-18-47(40)37-48/h1-37H. The van der Waals surface area contributed by atoms with Gasteiger partial charge in [0.15, 0.2) is 17.5 Å². The summed E-state index contributed by atoms with van der Waals surface area (Å²) in [6.07, 6.45) is 0. The normalized spacial score (nSPS) is 11.5. The van der Waals surface area contributed by atoms with E-state index in [0.29, 0.717) is 17.5 Å². The molecule has 0 aliphatic carbocycles. The van der Waals surface area contributed by atoms with Crippen LogP contribution in [0.2, 0.25) is 0 Å². The molecule has 0 spiro atoms. The summed E-state index contributed by atoms with van der Waals surface area (Å²) in [5, 5.41) is 5.80. The molecule has 9 aromatic carbocycles. The average Bonchev–Trinajstić information content (AvgIpc) is 3.72. The Morgan fingerprint density at radius 3 is 1.33 bits per heavy atom. The van der Waals surface area contributed by atoms with Gasteiger partial charge < -0.3 is 4.57 Å². The number of fused-ring (bicyclic) bond motifs is 6. The summed E-state index contributed by atoms with van der Waals surface area (Å²) in [7, 11) is 0. The van der Waals surface area contributed by atoms with E-state index in [-0.39, 0.29) is 0 Å². The molecule has 0 aliphatic rings. The molecule has 0 aliphatic heterocycles. The first-order chi connectivity index (χ1) is 31.2. The van der Waals surface area contributed by atoms with E-state index in [1.807, 2.05) is 12.1 Å². The van der Waals surface area contributed by atoms with Crippen molar-refractivity contribution in [3.63, 3.8) is 0 Å². The summed E-state index contributed by atoms with van der Waals surface area (Å²) in [5.74, 6) is 1.83. The SMILES string of the molecule is c1ccc(-c2ccc(-c3nc(-c4ccc(-c5ccccc5)cc4)nc(-c4ccc(-c5nc6ccccc6c6c5c5ccccc5n6-c5ccc6ccccc6c5)cc4)n3)cc2)cc1. The van der Waals surface area contributed by atoms with Crippen LogP contribution in [0.5, 0.6) is 0 Å². The zero-order valence-electron chi connectivity index (χ0n) is 34.1. The van der Waals surface area contributed by atoms with Crippen molar-refractivity contribution in [3.8, 4) is 73.4 Å². The molecular weight excluding hydrogens is 767 g/mol. The Balaban J connectivity index is 0.994. The molecular formula is C58H37N5. The highest BCUT2D eigenvalue weighted by atomic mass is 15.0. The third-order valence-corrected chi connectivity index (χ3v) is 12.0. The second-order valence-electron chi connectivity index (χ2n) is 15.9. The van der Waals surface area contributed by atoms with Gasteiger partial charge in [0, 0.05) is 44.1 Å². The third kappa shape index (κ3) is 6.51. The van der Waals surface area contributed by atoms with Gasteiger partial charge in [-0.1, -0.05) is 200 Å². The van der Waals surface area contributed by atoms with Crippen molar-refractivity contribution in [2.24, 2.45) is 0 Å². The summed E-state index contributed by atoms with van der Waals surface area (Å²) in [5.41, 5.74) is 13.6. The van der Waals surface area contributed by atoms with E-state index >= 15 is 0 Å². The second-order valence-corrected chi connectivity index (χ2v) is 15.9. The van der Waals surface area contributed by atoms with Gasteiger partial charge in [0.25, 0.3) is 0 Å². The van der Waals surface area contributed by atoms with E-state index in [2.05, 4.69) is 217 Å². The zero-order chi connectivity index (χ0) is 41.7. The minimum atomic E-state index is 0.602. The van der Waals surface area contributed by atoms with Gasteiger partial charge in [-0.25, -0.2) is 19.9 Å². The Bertz CT molecular complexity index is 3530. The lowest BCUT2D eigenvalue weighted by Crippen LogP contribution is -2.00. The summed E-state index contributed by atoms with van der Waals surface area (Å²) >= 11 is 0. The van der Waals surface area contributed by atoms with Crippen molar-refractivity contribution in [2.45, 2.75) is 0 Å². The molecule has 5 heteroatoms. The van der Waals surface area contributed by atoms with Gasteiger partial charge in [-0.05, 0) is 57.3 Å². The maximum Gasteiger partial charge on any atom is 0.164 e. The molecule has 0 N–H and O–H groups in total. The number of benzene rings is 9. The third-order valence-electron chi connectivity index (χ3n) is 12.0. The largest absolute Gasteiger partial charge is 0.308 e. The first-order valence-corrected chi connectivity index (χ1v) is 21.2. The lowest BCUT2D eigenvalue weighted by molar-refractivity contribution is 1.07. The molecule has 0 amide bonds. The monoisotopic (exact) mass is 803 g/mol. The predicted molar refractivity (Wildman–Crippen MR) is 260 cm³/mol. The Labute approximate surface area is 364 Å². The van der Waals surface area contributed by atoms with Crippen LogP contribution in [0.1, 0.15) is 0 Å². The van der Waals surface area contributed by atoms with Gasteiger partial charge in [0.1, 0.15) is 0 Å². The van der Waals surface area contributed by atoms with E-state index < -0.39 is 0 Å². The quantitative estimate of drug-likeness (QED) is 0.161. The summed E-state index contributed by atoms with van der Waals surface area (Å²) in [4.78, 5) is 20.7. The smallest absolute Gasteiger partial charge is 0.164 e. The summed E-state index contributed by atoms with van der Waals surface area (Å²) in [6.45, 7) is 0. The van der Waals surface area contributed by atoms with Gasteiger partial charge in [-0.2, -0.15) is 0 Å². The van der Waals surface area contributed by atoms with Crippen LogP contribution in [0.4, 0.5) is 0 Å². The number of hydrogen-bond acceptors (Lipinski definition) is 4. The Morgan fingerprint density at radius 2 is 0.746 bits per heavy atom. The van der Waals surface area contributed by atoms with Crippen molar-refractivity contribution in [2.75, 3.05) is 0 Å². The first kappa shape index (κ1) is 36.3. The van der Waals surface area contributed by atoms with E-state index in [0.717, 1.165) is 88.6 Å². The number of pyridine rings is 1. The number of para-hydroxylation sites is 2. The molecule has 0 saturated heterocycles. The van der Waals surface area contributed by atoms with Crippen LogP contribution < -0.4 is 0 Å². The van der Waals surface area contributed by atoms with E-state index in [9.17, 15) is 0 Å². The average molecular weight is 804 g/mol. The highest BCUT2D eigenvalue weighted by Gasteiger charge is 2.21. The zero-order valence-corrected chi connectivity index (χ0v) is 34.1. The maximum absolute atomic E-state index is 5.39. The molecule has 3 aromatic heterocycles. The van der Waals surface area contributed by atoms with Crippen LogP contribution in [0, 0.1) is 0 Å². The van der Waals surface area contributed by atoms with Crippen LogP contribution in [0.3, 0.4) is 0 Å². The molecule has 0 radical (unpaired) electrons. The molecule has 0 fully saturated rings. The highest BCUT2D eigenvalue weighted by molar-refractivity contribution is 6.22. The van der Waals surface area contributed by atoms with Crippen LogP contribution in [0.15, 0.2) is 224 Å². The molecule has 3 heterocycles. The number of nitrogens with zero attached hydrogens (tertiary/aromatic N) is 5. The Kier molecular flexibility index (Phi) is 8.75. The Hall–Kier alpha value is -8.54. The van der Waals surface area contributed by atoms with Crippen molar-refractivity contribution in [1.82, 2.24) is 24.5 Å². The molecule has 0 atom stereocenters. The fourth-order valence-corrected chi connectivity index (χ4v) is 8.90. The topological polar surface area (TPSA) is 56.5 Å². The predicted octanol–water partition coefficient (Wildman–Crippen LogP) is 14.7. The van der Waals surface area contributed by atoms with Crippen LogP contribution >= 0.6 is 0 Å². The Morgan fingerprint density at radius 1 is 0.302 bits per heavy atom. The van der Waals surface area contributed by atoms with Crippen molar-refractivity contribution in [1.29, 1.82) is 0 Å². The van der Waals surface area contributed by atoms with Crippen molar-refractivity contribution in [3.05, 3.63) is 224 Å². The number of aromatic nitrogens is 5. The molecule has 12 rings (SSSR count). The van der Waals surface area contributed by atoms with Crippen molar-refractivity contribution < 1.29 is 0 Å². The highest BCUT2D eigenvalue weighted by Crippen LogP contribution is 2.42. The molecule has 0 unspecified atom stereocenters. The summed E-state index contributed by atoms with van der Waals surface area (Å²) < 4.78 is 2.41. The molecule has 5 nitrogen and oxygen atoms in total. The minimum absolute atomic E-state index is 0.602. The van der Waals surface area contributed by atoms with Crippen LogP contribution in [-0.2, 0) is 0 Å². The molecule has 12 aromatic rings. The lowest BCUT2D eigenvalue weighted by Gasteiger charge is -2.13. The summed E-state index contributed by atoms with van der Waals surface area (Å²) in [6, 6.07) is 78.7. The second kappa shape index (κ2) is 15.2. The fraction of sp³-hybridized carbons (Fsp3) is 0. The number of hydrogen-bond donors (Lipinski definition) is 0. The molecule has 0 bridgehead atoms. The van der Waals surface area contributed by atoms with Gasteiger partial charge in [-0.3, -0.25) is 0 Å². The molecule has 294 valence electrons. The van der Waals surface area contributed by atoms with E-state index in [1.54, 1.807) is 0 Å². The number of rotatable bonds is 7. The van der Waals surface area contributed by atoms with Gasteiger partial charge >= 0.3 is 0 Å². The minimum Gasteiger partial charge on any atom is -0.308 e. The fourth-order valence-electron chi connectivity index (χ4n) is 8.90. The molecule has 63 heavy (non-hydrogen) atoms. The molecule has 0 saturated carbocycles. The maximum atomic E-state index is 5.39.